The predicted octanol–water partition coefficient (Wildman–Crippen LogP) is 2.74. The first-order valence-corrected chi connectivity index (χ1v) is 6.16. The van der Waals surface area contributed by atoms with Crippen molar-refractivity contribution in [2.45, 2.75) is 32.4 Å². The second kappa shape index (κ2) is 4.08. The van der Waals surface area contributed by atoms with Crippen molar-refractivity contribution in [2.24, 2.45) is 0 Å². The lowest BCUT2D eigenvalue weighted by Crippen LogP contribution is -2.15. The Bertz CT molecular complexity index is 540. The largest absolute Gasteiger partial charge is 0.495 e. The number of methoxy groups -OCH3 is 1. The van der Waals surface area contributed by atoms with Crippen LogP contribution >= 0.6 is 0 Å². The Kier molecular flexibility index (Phi) is 2.56. The van der Waals surface area contributed by atoms with Crippen LogP contribution in [-0.4, -0.2) is 18.1 Å². The van der Waals surface area contributed by atoms with Gasteiger partial charge in [0.15, 0.2) is 0 Å². The lowest BCUT2D eigenvalue weighted by molar-refractivity contribution is 0.418. The van der Waals surface area contributed by atoms with Crippen LogP contribution in [0.2, 0.25) is 0 Å². The summed E-state index contributed by atoms with van der Waals surface area (Å²) in [5.74, 6) is 0.928. The number of hydrogen-bond donors (Lipinski definition) is 2. The summed E-state index contributed by atoms with van der Waals surface area (Å²) in [6, 6.07) is 7.21. The van der Waals surface area contributed by atoms with Crippen LogP contribution in [-0.2, 0) is 6.54 Å². The fourth-order valence-electron chi connectivity index (χ4n) is 2.21. The normalized spacial score (nSPS) is 15.4. The lowest BCUT2D eigenvalue weighted by Gasteiger charge is -2.03. The van der Waals surface area contributed by atoms with Gasteiger partial charge in [-0.1, -0.05) is 0 Å². The lowest BCUT2D eigenvalue weighted by atomic mass is 10.1. The Hall–Kier alpha value is -1.48. The molecule has 0 amide bonds. The van der Waals surface area contributed by atoms with Gasteiger partial charge in [-0.15, -0.1) is 0 Å². The first-order valence-electron chi connectivity index (χ1n) is 6.16. The molecule has 0 unspecified atom stereocenters. The van der Waals surface area contributed by atoms with Crippen molar-refractivity contribution in [3.05, 3.63) is 29.5 Å². The number of aryl methyl sites for hydroxylation is 1. The van der Waals surface area contributed by atoms with Gasteiger partial charge in [0.25, 0.3) is 0 Å². The summed E-state index contributed by atoms with van der Waals surface area (Å²) in [7, 11) is 1.72. The van der Waals surface area contributed by atoms with Gasteiger partial charge in [0.05, 0.1) is 12.6 Å². The van der Waals surface area contributed by atoms with E-state index in [0.29, 0.717) is 0 Å². The zero-order valence-corrected chi connectivity index (χ0v) is 10.3. The first kappa shape index (κ1) is 10.7. The summed E-state index contributed by atoms with van der Waals surface area (Å²) in [4.78, 5) is 3.44. The van der Waals surface area contributed by atoms with E-state index < -0.39 is 0 Å². The molecular formula is C14H18N2O. The van der Waals surface area contributed by atoms with Crippen LogP contribution in [0.1, 0.15) is 24.1 Å². The van der Waals surface area contributed by atoms with Crippen molar-refractivity contribution < 1.29 is 4.74 Å². The Balaban J connectivity index is 1.92. The van der Waals surface area contributed by atoms with Crippen molar-refractivity contribution in [1.29, 1.82) is 0 Å². The van der Waals surface area contributed by atoms with Crippen LogP contribution in [0.5, 0.6) is 5.75 Å². The number of aromatic amines is 1. The molecule has 3 heteroatoms. The molecule has 1 aromatic carbocycles. The Morgan fingerprint density at radius 3 is 2.88 bits per heavy atom. The zero-order valence-electron chi connectivity index (χ0n) is 10.3. The summed E-state index contributed by atoms with van der Waals surface area (Å²) < 4.78 is 5.41. The van der Waals surface area contributed by atoms with E-state index in [9.17, 15) is 0 Å². The maximum Gasteiger partial charge on any atom is 0.143 e. The Labute approximate surface area is 101 Å². The molecule has 0 radical (unpaired) electrons. The van der Waals surface area contributed by atoms with E-state index in [1.165, 1.54) is 29.5 Å². The summed E-state index contributed by atoms with van der Waals surface area (Å²) in [5, 5.41) is 4.74. The van der Waals surface area contributed by atoms with E-state index in [0.717, 1.165) is 23.9 Å². The summed E-state index contributed by atoms with van der Waals surface area (Å²) >= 11 is 0. The molecule has 90 valence electrons. The highest BCUT2D eigenvalue weighted by atomic mass is 16.5. The van der Waals surface area contributed by atoms with Gasteiger partial charge >= 0.3 is 0 Å². The third kappa shape index (κ3) is 2.15. The van der Waals surface area contributed by atoms with Crippen molar-refractivity contribution >= 4 is 10.9 Å². The highest BCUT2D eigenvalue weighted by Crippen LogP contribution is 2.28. The van der Waals surface area contributed by atoms with Gasteiger partial charge in [0.2, 0.25) is 0 Å². The number of aromatic nitrogens is 1. The summed E-state index contributed by atoms with van der Waals surface area (Å²) in [6.45, 7) is 3.01. The Morgan fingerprint density at radius 2 is 2.18 bits per heavy atom. The minimum absolute atomic E-state index is 0.741. The molecule has 1 aliphatic rings. The van der Waals surface area contributed by atoms with E-state index in [4.69, 9.17) is 4.74 Å². The molecule has 1 saturated carbocycles. The molecule has 3 rings (SSSR count). The number of benzene rings is 1. The molecule has 17 heavy (non-hydrogen) atoms. The maximum absolute atomic E-state index is 5.41. The van der Waals surface area contributed by atoms with Crippen LogP contribution in [0, 0.1) is 6.92 Å². The number of nitrogens with one attached hydrogen (secondary N) is 2. The van der Waals surface area contributed by atoms with Crippen LogP contribution in [0.4, 0.5) is 0 Å². The highest BCUT2D eigenvalue weighted by molar-refractivity contribution is 5.86. The molecule has 2 aromatic rings. The average Bonchev–Trinajstić information content (AvgIpc) is 3.05. The minimum atomic E-state index is 0.741. The standard InChI is InChI=1S/C14H18N2O/c1-9-5-10-7-12(8-15-11-3-4-11)16-14(10)13(6-9)17-2/h5-7,11,15-16H,3-4,8H2,1-2H3. The average molecular weight is 230 g/mol. The summed E-state index contributed by atoms with van der Waals surface area (Å²) in [5.41, 5.74) is 3.57. The monoisotopic (exact) mass is 230 g/mol. The minimum Gasteiger partial charge on any atom is -0.495 e. The van der Waals surface area contributed by atoms with Crippen LogP contribution < -0.4 is 10.1 Å². The van der Waals surface area contributed by atoms with E-state index >= 15 is 0 Å². The molecular weight excluding hydrogens is 212 g/mol. The van der Waals surface area contributed by atoms with Gasteiger partial charge in [0, 0.05) is 23.7 Å². The van der Waals surface area contributed by atoms with Gasteiger partial charge in [-0.3, -0.25) is 0 Å². The summed E-state index contributed by atoms with van der Waals surface area (Å²) in [6.07, 6.45) is 2.64. The topological polar surface area (TPSA) is 37.0 Å². The molecule has 0 atom stereocenters. The fraction of sp³-hybridized carbons (Fsp3) is 0.429. The SMILES string of the molecule is COc1cc(C)cc2cc(CNC3CC3)[nH]c12. The molecule has 2 N–H and O–H groups in total. The number of H-pyrrole nitrogens is 1. The number of hydrogen-bond acceptors (Lipinski definition) is 2. The van der Waals surface area contributed by atoms with Gasteiger partial charge in [-0.2, -0.15) is 0 Å². The Morgan fingerprint density at radius 1 is 1.35 bits per heavy atom. The third-order valence-corrected chi connectivity index (χ3v) is 3.27. The van der Waals surface area contributed by atoms with Crippen LogP contribution in [0.3, 0.4) is 0 Å². The fourth-order valence-corrected chi connectivity index (χ4v) is 2.21. The smallest absolute Gasteiger partial charge is 0.143 e. The van der Waals surface area contributed by atoms with Gasteiger partial charge in [-0.05, 0) is 43.5 Å². The quantitative estimate of drug-likeness (QED) is 0.847. The van der Waals surface area contributed by atoms with Crippen molar-refractivity contribution in [2.75, 3.05) is 7.11 Å². The number of rotatable bonds is 4. The van der Waals surface area contributed by atoms with Gasteiger partial charge in [0.1, 0.15) is 5.75 Å². The van der Waals surface area contributed by atoms with E-state index in [-0.39, 0.29) is 0 Å². The van der Waals surface area contributed by atoms with E-state index in [1.54, 1.807) is 7.11 Å². The van der Waals surface area contributed by atoms with Crippen LogP contribution in [0.25, 0.3) is 10.9 Å². The number of fused-ring (bicyclic) bond motifs is 1. The van der Waals surface area contributed by atoms with Crippen molar-refractivity contribution in [3.63, 3.8) is 0 Å². The first-order chi connectivity index (χ1) is 8.26. The van der Waals surface area contributed by atoms with Crippen LogP contribution in [0.15, 0.2) is 18.2 Å². The molecule has 1 heterocycles. The second-order valence-electron chi connectivity index (χ2n) is 4.88. The predicted molar refractivity (Wildman–Crippen MR) is 69.4 cm³/mol. The van der Waals surface area contributed by atoms with E-state index in [2.05, 4.69) is 35.4 Å². The maximum atomic E-state index is 5.41. The molecule has 0 aliphatic heterocycles. The van der Waals surface area contributed by atoms with Gasteiger partial charge < -0.3 is 15.0 Å². The van der Waals surface area contributed by atoms with Gasteiger partial charge in [-0.25, -0.2) is 0 Å². The molecule has 1 fully saturated rings. The van der Waals surface area contributed by atoms with Crippen molar-refractivity contribution in [3.8, 4) is 5.75 Å². The van der Waals surface area contributed by atoms with Crippen molar-refractivity contribution in [1.82, 2.24) is 10.3 Å². The second-order valence-corrected chi connectivity index (χ2v) is 4.88. The molecule has 1 aliphatic carbocycles. The molecule has 0 spiro atoms. The highest BCUT2D eigenvalue weighted by Gasteiger charge is 2.20. The molecule has 3 nitrogen and oxygen atoms in total. The third-order valence-electron chi connectivity index (χ3n) is 3.27. The molecule has 0 saturated heterocycles. The molecule has 1 aromatic heterocycles. The van der Waals surface area contributed by atoms with E-state index in [1.807, 2.05) is 0 Å². The molecule has 0 bridgehead atoms. The zero-order chi connectivity index (χ0) is 11.8. The number of ether oxygens (including phenoxy) is 1.